The van der Waals surface area contributed by atoms with Gasteiger partial charge in [0, 0.05) is 31.1 Å². The molecule has 1 aliphatic heterocycles. The molecule has 2 atom stereocenters. The highest BCUT2D eigenvalue weighted by atomic mass is 19.1. The predicted octanol–water partition coefficient (Wildman–Crippen LogP) is 3.71. The molecule has 0 spiro atoms. The fourth-order valence-electron chi connectivity index (χ4n) is 4.19. The highest BCUT2D eigenvalue weighted by molar-refractivity contribution is 5.97. The van der Waals surface area contributed by atoms with Gasteiger partial charge in [-0.25, -0.2) is 4.39 Å². The van der Waals surface area contributed by atoms with Crippen LogP contribution in [0.15, 0.2) is 54.6 Å². The first-order valence-corrected chi connectivity index (χ1v) is 12.1. The average molecular weight is 468 g/mol. The van der Waals surface area contributed by atoms with Gasteiger partial charge in [0.15, 0.2) is 0 Å². The summed E-state index contributed by atoms with van der Waals surface area (Å²) in [6.07, 6.45) is 3.18. The third kappa shape index (κ3) is 7.14. The van der Waals surface area contributed by atoms with Crippen molar-refractivity contribution in [2.45, 2.75) is 58.0 Å². The lowest BCUT2D eigenvalue weighted by Gasteiger charge is -2.36. The van der Waals surface area contributed by atoms with Crippen molar-refractivity contribution in [2.24, 2.45) is 5.92 Å². The molecule has 1 fully saturated rings. The van der Waals surface area contributed by atoms with E-state index in [9.17, 15) is 18.8 Å². The predicted molar refractivity (Wildman–Crippen MR) is 130 cm³/mol. The van der Waals surface area contributed by atoms with Crippen LogP contribution in [0.2, 0.25) is 0 Å². The van der Waals surface area contributed by atoms with Gasteiger partial charge in [0.2, 0.25) is 11.8 Å². The summed E-state index contributed by atoms with van der Waals surface area (Å²) in [5.41, 5.74) is 1.44. The number of carbonyl (C=O) groups is 3. The van der Waals surface area contributed by atoms with Gasteiger partial charge in [0.25, 0.3) is 5.91 Å². The number of amides is 3. The van der Waals surface area contributed by atoms with Gasteiger partial charge in [0.05, 0.1) is 0 Å². The fourth-order valence-corrected chi connectivity index (χ4v) is 4.19. The Morgan fingerprint density at radius 2 is 1.65 bits per heavy atom. The van der Waals surface area contributed by atoms with Crippen LogP contribution in [0, 0.1) is 11.7 Å². The number of likely N-dealkylation sites (tertiary alicyclic amines) is 1. The van der Waals surface area contributed by atoms with Crippen molar-refractivity contribution in [2.75, 3.05) is 13.1 Å². The van der Waals surface area contributed by atoms with E-state index in [2.05, 4.69) is 10.6 Å². The van der Waals surface area contributed by atoms with Crippen LogP contribution in [0.5, 0.6) is 0 Å². The zero-order valence-electron chi connectivity index (χ0n) is 19.9. The Bertz CT molecular complexity index is 957. The van der Waals surface area contributed by atoms with Crippen molar-refractivity contribution in [3.63, 3.8) is 0 Å². The van der Waals surface area contributed by atoms with Crippen LogP contribution in [0.4, 0.5) is 4.39 Å². The van der Waals surface area contributed by atoms with E-state index < -0.39 is 17.8 Å². The molecule has 182 valence electrons. The van der Waals surface area contributed by atoms with Crippen LogP contribution in [0.1, 0.15) is 55.5 Å². The van der Waals surface area contributed by atoms with Gasteiger partial charge in [-0.2, -0.15) is 0 Å². The molecule has 0 aromatic heterocycles. The summed E-state index contributed by atoms with van der Waals surface area (Å²) in [6, 6.07) is 14.5. The standard InChI is InChI=1S/C27H34FN3O3/c1-3-19(2)29-27(34)25(30-26(33)22-10-12-23(28)13-11-22)21-15-17-31(18-16-21)24(32)14-9-20-7-5-4-6-8-20/h4-8,10-13,19,21,25H,3,9,14-18H2,1-2H3,(H,29,34)(H,30,33)/t19-,25-/m0/s1. The summed E-state index contributed by atoms with van der Waals surface area (Å²) >= 11 is 0. The normalized spacial score (nSPS) is 15.9. The quantitative estimate of drug-likeness (QED) is 0.590. The summed E-state index contributed by atoms with van der Waals surface area (Å²) in [5.74, 6) is -1.04. The monoisotopic (exact) mass is 467 g/mol. The van der Waals surface area contributed by atoms with Crippen LogP contribution < -0.4 is 10.6 Å². The number of hydrogen-bond acceptors (Lipinski definition) is 3. The smallest absolute Gasteiger partial charge is 0.251 e. The van der Waals surface area contributed by atoms with Gasteiger partial charge in [-0.05, 0) is 68.4 Å². The van der Waals surface area contributed by atoms with E-state index in [4.69, 9.17) is 0 Å². The molecule has 2 aromatic carbocycles. The highest BCUT2D eigenvalue weighted by Gasteiger charge is 2.34. The maximum atomic E-state index is 13.2. The Kier molecular flexibility index (Phi) is 9.19. The van der Waals surface area contributed by atoms with Crippen LogP contribution in [-0.4, -0.2) is 47.8 Å². The molecule has 2 N–H and O–H groups in total. The summed E-state index contributed by atoms with van der Waals surface area (Å²) in [7, 11) is 0. The number of aryl methyl sites for hydroxylation is 1. The van der Waals surface area contributed by atoms with E-state index in [-0.39, 0.29) is 23.8 Å². The minimum absolute atomic E-state index is 0.0163. The third-order valence-corrected chi connectivity index (χ3v) is 6.51. The van der Waals surface area contributed by atoms with Crippen LogP contribution in [0.3, 0.4) is 0 Å². The zero-order valence-corrected chi connectivity index (χ0v) is 19.9. The molecule has 0 radical (unpaired) electrons. The van der Waals surface area contributed by atoms with E-state index in [1.807, 2.05) is 49.1 Å². The van der Waals surface area contributed by atoms with Gasteiger partial charge >= 0.3 is 0 Å². The molecule has 1 aliphatic rings. The Morgan fingerprint density at radius 3 is 2.26 bits per heavy atom. The molecule has 1 heterocycles. The summed E-state index contributed by atoms with van der Waals surface area (Å²) < 4.78 is 13.2. The third-order valence-electron chi connectivity index (χ3n) is 6.51. The Morgan fingerprint density at radius 1 is 1.00 bits per heavy atom. The Balaban J connectivity index is 1.61. The molecule has 3 rings (SSSR count). The summed E-state index contributed by atoms with van der Waals surface area (Å²) in [5, 5.41) is 5.84. The van der Waals surface area contributed by atoms with Crippen LogP contribution in [0.25, 0.3) is 0 Å². The van der Waals surface area contributed by atoms with Gasteiger partial charge in [-0.1, -0.05) is 37.3 Å². The molecule has 3 amide bonds. The van der Waals surface area contributed by atoms with E-state index in [1.165, 1.54) is 24.3 Å². The van der Waals surface area contributed by atoms with Crippen molar-refractivity contribution in [1.29, 1.82) is 0 Å². The SMILES string of the molecule is CC[C@H](C)NC(=O)[C@@H](NC(=O)c1ccc(F)cc1)C1CCN(C(=O)CCc2ccccc2)CC1. The second-order valence-electron chi connectivity index (χ2n) is 8.98. The van der Waals surface area contributed by atoms with Crippen LogP contribution >= 0.6 is 0 Å². The molecule has 0 saturated carbocycles. The molecule has 0 aliphatic carbocycles. The highest BCUT2D eigenvalue weighted by Crippen LogP contribution is 2.23. The Hall–Kier alpha value is -3.22. The fraction of sp³-hybridized carbons (Fsp3) is 0.444. The van der Waals surface area contributed by atoms with Crippen LogP contribution in [-0.2, 0) is 16.0 Å². The Labute approximate surface area is 200 Å². The molecule has 34 heavy (non-hydrogen) atoms. The molecule has 6 nitrogen and oxygen atoms in total. The first-order valence-electron chi connectivity index (χ1n) is 12.1. The van der Waals surface area contributed by atoms with E-state index >= 15 is 0 Å². The lowest BCUT2D eigenvalue weighted by Crippen LogP contribution is -2.55. The summed E-state index contributed by atoms with van der Waals surface area (Å²) in [4.78, 5) is 40.4. The lowest BCUT2D eigenvalue weighted by molar-refractivity contribution is -0.133. The minimum Gasteiger partial charge on any atom is -0.352 e. The number of piperidine rings is 1. The van der Waals surface area contributed by atoms with Crippen molar-refractivity contribution >= 4 is 17.7 Å². The topological polar surface area (TPSA) is 78.5 Å². The maximum absolute atomic E-state index is 13.2. The van der Waals surface area contributed by atoms with Crippen molar-refractivity contribution < 1.29 is 18.8 Å². The minimum atomic E-state index is -0.715. The van der Waals surface area contributed by atoms with Crippen molar-refractivity contribution in [3.8, 4) is 0 Å². The second kappa shape index (κ2) is 12.3. The van der Waals surface area contributed by atoms with Gasteiger partial charge in [-0.15, -0.1) is 0 Å². The van der Waals surface area contributed by atoms with Crippen molar-refractivity contribution in [1.82, 2.24) is 15.5 Å². The van der Waals surface area contributed by atoms with E-state index in [0.29, 0.717) is 44.3 Å². The number of benzene rings is 2. The van der Waals surface area contributed by atoms with Gasteiger partial charge in [0.1, 0.15) is 11.9 Å². The number of halogens is 1. The maximum Gasteiger partial charge on any atom is 0.251 e. The number of nitrogens with zero attached hydrogens (tertiary/aromatic N) is 1. The van der Waals surface area contributed by atoms with Gasteiger partial charge in [-0.3, -0.25) is 14.4 Å². The number of carbonyl (C=O) groups excluding carboxylic acids is 3. The van der Waals surface area contributed by atoms with E-state index in [1.54, 1.807) is 0 Å². The number of nitrogens with one attached hydrogen (secondary N) is 2. The molecule has 1 saturated heterocycles. The number of hydrogen-bond donors (Lipinski definition) is 2. The van der Waals surface area contributed by atoms with Gasteiger partial charge < -0.3 is 15.5 Å². The van der Waals surface area contributed by atoms with E-state index in [0.717, 1.165) is 12.0 Å². The first-order chi connectivity index (χ1) is 16.4. The van der Waals surface area contributed by atoms with Crippen molar-refractivity contribution in [3.05, 3.63) is 71.5 Å². The first kappa shape index (κ1) is 25.4. The average Bonchev–Trinajstić information content (AvgIpc) is 2.86. The molecular weight excluding hydrogens is 433 g/mol. The molecule has 2 aromatic rings. The largest absolute Gasteiger partial charge is 0.352 e. The molecule has 0 bridgehead atoms. The number of rotatable bonds is 9. The molecule has 7 heteroatoms. The molecular formula is C27H34FN3O3. The second-order valence-corrected chi connectivity index (χ2v) is 8.98. The summed E-state index contributed by atoms with van der Waals surface area (Å²) in [6.45, 7) is 5.01. The molecule has 0 unspecified atom stereocenters. The zero-order chi connectivity index (χ0) is 24.5. The lowest BCUT2D eigenvalue weighted by atomic mass is 9.88.